The molecular formula is C18H15FN4O2S. The first-order valence-corrected chi connectivity index (χ1v) is 9.08. The summed E-state index contributed by atoms with van der Waals surface area (Å²) in [4.78, 5) is 12.0. The Balaban J connectivity index is 2.00. The minimum Gasteiger partial charge on any atom is -0.480 e. The lowest BCUT2D eigenvalue weighted by Gasteiger charge is -2.10. The minimum atomic E-state index is -0.977. The molecule has 1 N–H and O–H groups in total. The number of aryl methyl sites for hydroxylation is 1. The molecule has 2 heterocycles. The highest BCUT2D eigenvalue weighted by Crippen LogP contribution is 2.36. The van der Waals surface area contributed by atoms with Crippen molar-refractivity contribution in [3.05, 3.63) is 42.5 Å². The Bertz CT molecular complexity index is 1170. The Morgan fingerprint density at radius 2 is 2.04 bits per heavy atom. The number of aliphatic carboxylic acids is 1. The van der Waals surface area contributed by atoms with Gasteiger partial charge in [0.15, 0.2) is 0 Å². The van der Waals surface area contributed by atoms with Gasteiger partial charge in [0.05, 0.1) is 23.4 Å². The third-order valence-electron chi connectivity index (χ3n) is 4.39. The average molecular weight is 370 g/mol. The number of benzene rings is 2. The molecule has 0 saturated heterocycles. The second kappa shape index (κ2) is 6.14. The van der Waals surface area contributed by atoms with E-state index < -0.39 is 5.97 Å². The highest BCUT2D eigenvalue weighted by molar-refractivity contribution is 7.98. The monoisotopic (exact) mass is 370 g/mol. The minimum absolute atomic E-state index is 0.246. The summed E-state index contributed by atoms with van der Waals surface area (Å²) in [6.07, 6.45) is 5.13. The van der Waals surface area contributed by atoms with Gasteiger partial charge < -0.3 is 5.11 Å². The maximum Gasteiger partial charge on any atom is 0.325 e. The molecule has 0 atom stereocenters. The van der Waals surface area contributed by atoms with Crippen molar-refractivity contribution in [1.29, 1.82) is 0 Å². The van der Waals surface area contributed by atoms with Gasteiger partial charge >= 0.3 is 5.97 Å². The van der Waals surface area contributed by atoms with Gasteiger partial charge in [-0.3, -0.25) is 14.2 Å². The number of fused-ring (bicyclic) bond motifs is 2. The molecule has 0 aliphatic rings. The van der Waals surface area contributed by atoms with E-state index in [1.54, 1.807) is 30.2 Å². The summed E-state index contributed by atoms with van der Waals surface area (Å²) in [5.74, 6) is -1.33. The zero-order chi connectivity index (χ0) is 18.4. The molecule has 0 bridgehead atoms. The Morgan fingerprint density at radius 3 is 2.77 bits per heavy atom. The molecule has 4 aromatic rings. The standard InChI is InChI=1S/C18H15FN4O2S/c1-22-15-6-12(14(19)5-10(15)7-20-22)11-3-4-16(26-2)18-13(11)8-21-23(18)9-17(24)25/h3-8H,9H2,1-2H3,(H,24,25). The molecule has 26 heavy (non-hydrogen) atoms. The van der Waals surface area contributed by atoms with Crippen molar-refractivity contribution in [1.82, 2.24) is 19.6 Å². The molecule has 0 unspecified atom stereocenters. The first-order chi connectivity index (χ1) is 12.5. The van der Waals surface area contributed by atoms with Gasteiger partial charge in [-0.15, -0.1) is 11.8 Å². The summed E-state index contributed by atoms with van der Waals surface area (Å²) in [7, 11) is 1.81. The van der Waals surface area contributed by atoms with Crippen molar-refractivity contribution in [3.8, 4) is 11.1 Å². The first-order valence-electron chi connectivity index (χ1n) is 7.85. The average Bonchev–Trinajstić information content (AvgIpc) is 3.18. The largest absolute Gasteiger partial charge is 0.480 e. The van der Waals surface area contributed by atoms with Crippen LogP contribution in [-0.4, -0.2) is 36.9 Å². The molecule has 8 heteroatoms. The van der Waals surface area contributed by atoms with E-state index >= 15 is 0 Å². The Morgan fingerprint density at radius 1 is 1.23 bits per heavy atom. The van der Waals surface area contributed by atoms with E-state index in [-0.39, 0.29) is 12.4 Å². The van der Waals surface area contributed by atoms with Crippen molar-refractivity contribution in [2.75, 3.05) is 6.26 Å². The second-order valence-electron chi connectivity index (χ2n) is 5.93. The number of thioether (sulfide) groups is 1. The van der Waals surface area contributed by atoms with Gasteiger partial charge in [0, 0.05) is 28.3 Å². The van der Waals surface area contributed by atoms with Crippen molar-refractivity contribution in [2.24, 2.45) is 7.05 Å². The molecule has 0 aliphatic heterocycles. The summed E-state index contributed by atoms with van der Waals surface area (Å²) in [5, 5.41) is 19.0. The van der Waals surface area contributed by atoms with Crippen LogP contribution in [0.3, 0.4) is 0 Å². The van der Waals surface area contributed by atoms with Gasteiger partial charge in [0.25, 0.3) is 0 Å². The van der Waals surface area contributed by atoms with Crippen LogP contribution in [0.5, 0.6) is 0 Å². The molecule has 0 amide bonds. The van der Waals surface area contributed by atoms with E-state index in [0.29, 0.717) is 16.6 Å². The van der Waals surface area contributed by atoms with Gasteiger partial charge in [-0.1, -0.05) is 6.07 Å². The topological polar surface area (TPSA) is 72.9 Å². The van der Waals surface area contributed by atoms with E-state index in [9.17, 15) is 9.18 Å². The summed E-state index contributed by atoms with van der Waals surface area (Å²) in [6, 6.07) is 6.95. The quantitative estimate of drug-likeness (QED) is 0.556. The number of carboxylic acids is 1. The molecule has 0 aliphatic carbocycles. The molecule has 4 rings (SSSR count). The molecule has 2 aromatic heterocycles. The zero-order valence-electron chi connectivity index (χ0n) is 14.1. The van der Waals surface area contributed by atoms with Gasteiger partial charge in [0.2, 0.25) is 0 Å². The fraction of sp³-hybridized carbons (Fsp3) is 0.167. The lowest BCUT2D eigenvalue weighted by Crippen LogP contribution is -2.10. The highest BCUT2D eigenvalue weighted by Gasteiger charge is 2.17. The van der Waals surface area contributed by atoms with E-state index in [2.05, 4.69) is 10.2 Å². The fourth-order valence-corrected chi connectivity index (χ4v) is 3.81. The van der Waals surface area contributed by atoms with Gasteiger partial charge in [-0.05, 0) is 30.0 Å². The van der Waals surface area contributed by atoms with Crippen LogP contribution >= 0.6 is 11.8 Å². The van der Waals surface area contributed by atoms with E-state index in [1.165, 1.54) is 22.5 Å². The van der Waals surface area contributed by atoms with E-state index in [1.807, 2.05) is 18.4 Å². The fourth-order valence-electron chi connectivity index (χ4n) is 3.20. The number of hydrogen-bond acceptors (Lipinski definition) is 4. The molecular weight excluding hydrogens is 355 g/mol. The van der Waals surface area contributed by atoms with Crippen molar-refractivity contribution in [2.45, 2.75) is 11.4 Å². The van der Waals surface area contributed by atoms with E-state index in [0.717, 1.165) is 21.2 Å². The smallest absolute Gasteiger partial charge is 0.325 e. The lowest BCUT2D eigenvalue weighted by molar-refractivity contribution is -0.137. The summed E-state index contributed by atoms with van der Waals surface area (Å²) >= 11 is 1.50. The summed E-state index contributed by atoms with van der Waals surface area (Å²) in [6.45, 7) is -0.246. The molecule has 0 saturated carbocycles. The van der Waals surface area contributed by atoms with Crippen molar-refractivity contribution >= 4 is 39.5 Å². The number of hydrogen-bond donors (Lipinski definition) is 1. The number of carboxylic acid groups (broad SMARTS) is 1. The second-order valence-corrected chi connectivity index (χ2v) is 6.78. The van der Waals surface area contributed by atoms with Gasteiger partial charge in [0.1, 0.15) is 12.4 Å². The summed E-state index contributed by atoms with van der Waals surface area (Å²) < 4.78 is 17.9. The van der Waals surface area contributed by atoms with Crippen LogP contribution in [0.4, 0.5) is 4.39 Å². The summed E-state index contributed by atoms with van der Waals surface area (Å²) in [5.41, 5.74) is 2.63. The van der Waals surface area contributed by atoms with Crippen LogP contribution in [0.15, 0.2) is 41.6 Å². The van der Waals surface area contributed by atoms with Crippen LogP contribution in [0, 0.1) is 5.82 Å². The van der Waals surface area contributed by atoms with Crippen molar-refractivity contribution < 1.29 is 14.3 Å². The Hall–Kier alpha value is -2.87. The number of aromatic nitrogens is 4. The molecule has 6 nitrogen and oxygen atoms in total. The van der Waals surface area contributed by atoms with Crippen LogP contribution < -0.4 is 0 Å². The molecule has 0 radical (unpaired) electrons. The third-order valence-corrected chi connectivity index (χ3v) is 5.16. The Kier molecular flexibility index (Phi) is 3.91. The van der Waals surface area contributed by atoms with Crippen LogP contribution in [0.1, 0.15) is 0 Å². The number of carbonyl (C=O) groups is 1. The maximum atomic E-state index is 14.8. The normalized spacial score (nSPS) is 11.5. The Labute approximate surface area is 152 Å². The SMILES string of the molecule is CSc1ccc(-c2cc3c(cnn3C)cc2F)c2cnn(CC(=O)O)c12. The zero-order valence-corrected chi connectivity index (χ0v) is 14.9. The van der Waals surface area contributed by atoms with E-state index in [4.69, 9.17) is 5.11 Å². The van der Waals surface area contributed by atoms with Crippen LogP contribution in [0.2, 0.25) is 0 Å². The maximum absolute atomic E-state index is 14.8. The van der Waals surface area contributed by atoms with Crippen LogP contribution in [0.25, 0.3) is 32.9 Å². The highest BCUT2D eigenvalue weighted by atomic mass is 32.2. The predicted molar refractivity (Wildman–Crippen MR) is 98.8 cm³/mol. The number of nitrogens with zero attached hydrogens (tertiary/aromatic N) is 4. The van der Waals surface area contributed by atoms with Gasteiger partial charge in [-0.2, -0.15) is 10.2 Å². The first kappa shape index (κ1) is 16.6. The van der Waals surface area contributed by atoms with Gasteiger partial charge in [-0.25, -0.2) is 4.39 Å². The lowest BCUT2D eigenvalue weighted by atomic mass is 10.00. The third kappa shape index (κ3) is 2.53. The van der Waals surface area contributed by atoms with Crippen LogP contribution in [-0.2, 0) is 18.4 Å². The van der Waals surface area contributed by atoms with Crippen molar-refractivity contribution in [3.63, 3.8) is 0 Å². The predicted octanol–water partition coefficient (Wildman–Crippen LogP) is 3.54. The number of halogens is 1. The molecule has 0 spiro atoms. The molecule has 0 fully saturated rings. The molecule has 132 valence electrons. The molecule has 2 aromatic carbocycles. The number of rotatable bonds is 4.